The van der Waals surface area contributed by atoms with Gasteiger partial charge in [-0.15, -0.1) is 0 Å². The number of amides is 2. The lowest BCUT2D eigenvalue weighted by atomic mass is 10.1. The largest absolute Gasteiger partial charge is 0.366 e. The molecule has 0 bridgehead atoms. The fraction of sp³-hybridized carbons (Fsp3) is 0.214. The van der Waals surface area contributed by atoms with Crippen LogP contribution in [0.1, 0.15) is 31.8 Å². The maximum atomic E-state index is 13.5. The van der Waals surface area contributed by atoms with Gasteiger partial charge in [-0.2, -0.15) is 0 Å². The van der Waals surface area contributed by atoms with E-state index in [1.165, 1.54) is 5.56 Å². The van der Waals surface area contributed by atoms with Gasteiger partial charge >= 0.3 is 0 Å². The molecule has 3 aromatic carbocycles. The van der Waals surface area contributed by atoms with Gasteiger partial charge in [0.15, 0.2) is 0 Å². The highest BCUT2D eigenvalue weighted by atomic mass is 16.2. The average molecular weight is 453 g/mol. The van der Waals surface area contributed by atoms with E-state index in [1.54, 1.807) is 12.1 Å². The van der Waals surface area contributed by atoms with Gasteiger partial charge in [0.05, 0.1) is 5.56 Å². The summed E-state index contributed by atoms with van der Waals surface area (Å²) < 4.78 is 2.17. The third-order valence-corrected chi connectivity index (χ3v) is 6.52. The number of hydrogen-bond acceptors (Lipinski definition) is 3. The zero-order chi connectivity index (χ0) is 23.5. The van der Waals surface area contributed by atoms with Crippen LogP contribution in [0, 0.1) is 0 Å². The van der Waals surface area contributed by atoms with Gasteiger partial charge in [0, 0.05) is 61.9 Å². The number of fused-ring (bicyclic) bond motifs is 1. The lowest BCUT2D eigenvalue weighted by Gasteiger charge is -2.34. The molecule has 6 heteroatoms. The van der Waals surface area contributed by atoms with Gasteiger partial charge in [-0.3, -0.25) is 14.5 Å². The van der Waals surface area contributed by atoms with Crippen molar-refractivity contribution in [2.45, 2.75) is 13.1 Å². The summed E-state index contributed by atoms with van der Waals surface area (Å²) in [5.74, 6) is -0.322. The minimum Gasteiger partial charge on any atom is -0.366 e. The average Bonchev–Trinajstić information content (AvgIpc) is 3.23. The zero-order valence-electron chi connectivity index (χ0n) is 19.1. The van der Waals surface area contributed by atoms with Crippen LogP contribution in [0.25, 0.3) is 10.9 Å². The normalized spacial score (nSPS) is 14.4. The van der Waals surface area contributed by atoms with E-state index in [1.807, 2.05) is 59.6 Å². The third-order valence-electron chi connectivity index (χ3n) is 6.52. The number of aromatic nitrogens is 1. The van der Waals surface area contributed by atoms with Gasteiger partial charge in [-0.25, -0.2) is 0 Å². The van der Waals surface area contributed by atoms with Crippen molar-refractivity contribution in [1.29, 1.82) is 0 Å². The molecule has 1 saturated heterocycles. The molecule has 2 N–H and O–H groups in total. The van der Waals surface area contributed by atoms with Crippen molar-refractivity contribution in [2.24, 2.45) is 5.73 Å². The summed E-state index contributed by atoms with van der Waals surface area (Å²) in [6.45, 7) is 4.53. The second-order valence-electron chi connectivity index (χ2n) is 8.80. The zero-order valence-corrected chi connectivity index (χ0v) is 19.1. The molecule has 2 amide bonds. The lowest BCUT2D eigenvalue weighted by molar-refractivity contribution is 0.0630. The molecule has 0 saturated carbocycles. The van der Waals surface area contributed by atoms with E-state index in [4.69, 9.17) is 5.73 Å². The summed E-state index contributed by atoms with van der Waals surface area (Å²) in [7, 11) is 0. The summed E-state index contributed by atoms with van der Waals surface area (Å²) in [6.07, 6.45) is 2.01. The molecular weight excluding hydrogens is 424 g/mol. The molecule has 0 aliphatic carbocycles. The maximum Gasteiger partial charge on any atom is 0.256 e. The Labute approximate surface area is 199 Å². The molecule has 1 aromatic heterocycles. The Bertz CT molecular complexity index is 1300. The van der Waals surface area contributed by atoms with Crippen molar-refractivity contribution < 1.29 is 9.59 Å². The van der Waals surface area contributed by atoms with Crippen molar-refractivity contribution in [3.63, 3.8) is 0 Å². The second-order valence-corrected chi connectivity index (χ2v) is 8.80. The van der Waals surface area contributed by atoms with Crippen LogP contribution in [0.4, 0.5) is 0 Å². The Kier molecular flexibility index (Phi) is 6.14. The topological polar surface area (TPSA) is 71.6 Å². The number of primary amides is 1. The molecule has 0 unspecified atom stereocenters. The third kappa shape index (κ3) is 4.58. The van der Waals surface area contributed by atoms with Crippen LogP contribution < -0.4 is 5.73 Å². The van der Waals surface area contributed by atoms with Gasteiger partial charge in [-0.1, -0.05) is 60.7 Å². The van der Waals surface area contributed by atoms with E-state index < -0.39 is 5.91 Å². The molecule has 0 spiro atoms. The lowest BCUT2D eigenvalue weighted by Crippen LogP contribution is -2.48. The highest BCUT2D eigenvalue weighted by molar-refractivity contribution is 6.07. The molecule has 1 aliphatic rings. The van der Waals surface area contributed by atoms with E-state index in [9.17, 15) is 9.59 Å². The first-order valence-corrected chi connectivity index (χ1v) is 11.6. The Morgan fingerprint density at radius 1 is 0.735 bits per heavy atom. The van der Waals surface area contributed by atoms with Crippen LogP contribution in [0.5, 0.6) is 0 Å². The predicted octanol–water partition coefficient (Wildman–Crippen LogP) is 3.75. The summed E-state index contributed by atoms with van der Waals surface area (Å²) in [4.78, 5) is 29.1. The standard InChI is InChI=1S/C28H28N4O2/c29-27(33)23-12-10-22(11-13-23)18-30-14-16-31(17-15-30)28(34)25-20-32(19-21-6-2-1-3-7-21)26-9-5-4-8-24(25)26/h1-13,20H,14-19H2,(H2,29,33). The molecule has 5 rings (SSSR count). The minimum absolute atomic E-state index is 0.0912. The fourth-order valence-corrected chi connectivity index (χ4v) is 4.64. The van der Waals surface area contributed by atoms with E-state index >= 15 is 0 Å². The van der Waals surface area contributed by atoms with Gasteiger partial charge in [-0.05, 0) is 29.3 Å². The number of benzene rings is 3. The highest BCUT2D eigenvalue weighted by Crippen LogP contribution is 2.24. The first-order chi connectivity index (χ1) is 16.6. The van der Waals surface area contributed by atoms with E-state index in [0.29, 0.717) is 18.7 Å². The predicted molar refractivity (Wildman–Crippen MR) is 134 cm³/mol. The van der Waals surface area contributed by atoms with Crippen molar-refractivity contribution in [1.82, 2.24) is 14.4 Å². The highest BCUT2D eigenvalue weighted by Gasteiger charge is 2.25. The number of nitrogens with zero attached hydrogens (tertiary/aromatic N) is 3. The molecule has 1 fully saturated rings. The van der Waals surface area contributed by atoms with Gasteiger partial charge in [0.25, 0.3) is 5.91 Å². The number of rotatable bonds is 6. The number of carbonyl (C=O) groups is 2. The van der Waals surface area contributed by atoms with Crippen LogP contribution in [0.15, 0.2) is 85.1 Å². The van der Waals surface area contributed by atoms with E-state index in [-0.39, 0.29) is 5.91 Å². The van der Waals surface area contributed by atoms with Crippen molar-refractivity contribution in [3.05, 3.63) is 107 Å². The SMILES string of the molecule is NC(=O)c1ccc(CN2CCN(C(=O)c3cn(Cc4ccccc4)c4ccccc34)CC2)cc1. The molecule has 4 aromatic rings. The van der Waals surface area contributed by atoms with Crippen molar-refractivity contribution >= 4 is 22.7 Å². The molecular formula is C28H28N4O2. The Morgan fingerprint density at radius 3 is 2.09 bits per heavy atom. The number of nitrogens with two attached hydrogens (primary N) is 1. The Morgan fingerprint density at radius 2 is 1.38 bits per heavy atom. The molecule has 34 heavy (non-hydrogen) atoms. The van der Waals surface area contributed by atoms with Crippen LogP contribution in [-0.2, 0) is 13.1 Å². The minimum atomic E-state index is -0.413. The second kappa shape index (κ2) is 9.53. The van der Waals surface area contributed by atoms with Gasteiger partial charge < -0.3 is 15.2 Å². The number of hydrogen-bond donors (Lipinski definition) is 1. The van der Waals surface area contributed by atoms with E-state index in [0.717, 1.165) is 48.2 Å². The Balaban J connectivity index is 1.27. The molecule has 1 aliphatic heterocycles. The smallest absolute Gasteiger partial charge is 0.256 e. The quantitative estimate of drug-likeness (QED) is 0.484. The molecule has 0 atom stereocenters. The first-order valence-electron chi connectivity index (χ1n) is 11.6. The van der Waals surface area contributed by atoms with Crippen LogP contribution >= 0.6 is 0 Å². The summed E-state index contributed by atoms with van der Waals surface area (Å²) in [5, 5.41) is 1.00. The summed E-state index contributed by atoms with van der Waals surface area (Å²) in [5.41, 5.74) is 10.0. The van der Waals surface area contributed by atoms with E-state index in [2.05, 4.69) is 27.7 Å². The number of para-hydroxylation sites is 1. The van der Waals surface area contributed by atoms with Crippen LogP contribution in [0.3, 0.4) is 0 Å². The summed E-state index contributed by atoms with van der Waals surface area (Å²) in [6, 6.07) is 25.9. The maximum absolute atomic E-state index is 13.5. The van der Waals surface area contributed by atoms with Gasteiger partial charge in [0.1, 0.15) is 0 Å². The van der Waals surface area contributed by atoms with Crippen LogP contribution in [-0.4, -0.2) is 52.4 Å². The Hall–Kier alpha value is -3.90. The molecule has 6 nitrogen and oxygen atoms in total. The first kappa shape index (κ1) is 21.9. The van der Waals surface area contributed by atoms with Crippen molar-refractivity contribution in [2.75, 3.05) is 26.2 Å². The molecule has 2 heterocycles. The van der Waals surface area contributed by atoms with Crippen LogP contribution in [0.2, 0.25) is 0 Å². The molecule has 172 valence electrons. The summed E-state index contributed by atoms with van der Waals surface area (Å²) >= 11 is 0. The van der Waals surface area contributed by atoms with Crippen molar-refractivity contribution in [3.8, 4) is 0 Å². The molecule has 0 radical (unpaired) electrons. The number of carbonyl (C=O) groups excluding carboxylic acids is 2. The number of piperazine rings is 1. The fourth-order valence-electron chi connectivity index (χ4n) is 4.64. The van der Waals surface area contributed by atoms with Gasteiger partial charge in [0.2, 0.25) is 5.91 Å². The monoisotopic (exact) mass is 452 g/mol.